The summed E-state index contributed by atoms with van der Waals surface area (Å²) in [5.74, 6) is -0.270. The van der Waals surface area contributed by atoms with Gasteiger partial charge in [0.05, 0.1) is 42.4 Å². The Bertz CT molecular complexity index is 1120. The average molecular weight is 440 g/mol. The van der Waals surface area contributed by atoms with Crippen LogP contribution >= 0.6 is 11.6 Å². The van der Waals surface area contributed by atoms with Crippen molar-refractivity contribution in [3.63, 3.8) is 0 Å². The molecule has 0 radical (unpaired) electrons. The van der Waals surface area contributed by atoms with Gasteiger partial charge in [-0.25, -0.2) is 9.07 Å². The number of aliphatic hydroxyl groups is 1. The summed E-state index contributed by atoms with van der Waals surface area (Å²) < 4.78 is 21.2. The predicted octanol–water partition coefficient (Wildman–Crippen LogP) is 4.31. The molecule has 5 rings (SSSR count). The highest BCUT2D eigenvalue weighted by atomic mass is 35.5. The number of halogens is 2. The van der Waals surface area contributed by atoms with Crippen molar-refractivity contribution < 1.29 is 14.2 Å². The van der Waals surface area contributed by atoms with Gasteiger partial charge in [-0.3, -0.25) is 0 Å². The summed E-state index contributed by atoms with van der Waals surface area (Å²) in [6.45, 7) is 1.64. The van der Waals surface area contributed by atoms with Crippen LogP contribution in [0, 0.1) is 5.82 Å². The maximum Gasteiger partial charge on any atom is 0.123 e. The van der Waals surface area contributed by atoms with Crippen molar-refractivity contribution in [3.05, 3.63) is 81.9 Å². The molecule has 0 bridgehead atoms. The van der Waals surface area contributed by atoms with Gasteiger partial charge in [-0.15, -0.1) is 0 Å². The molecule has 0 saturated carbocycles. The summed E-state index contributed by atoms with van der Waals surface area (Å²) in [6, 6.07) is 13.9. The van der Waals surface area contributed by atoms with Gasteiger partial charge in [-0.2, -0.15) is 5.10 Å². The lowest BCUT2D eigenvalue weighted by Gasteiger charge is -2.27. The Morgan fingerprint density at radius 2 is 1.94 bits per heavy atom. The van der Waals surface area contributed by atoms with Crippen molar-refractivity contribution in [2.45, 2.75) is 25.0 Å². The Hall–Kier alpha value is -2.51. The first-order valence-corrected chi connectivity index (χ1v) is 10.8. The third-order valence-corrected chi connectivity index (χ3v) is 6.29. The summed E-state index contributed by atoms with van der Waals surface area (Å²) in [4.78, 5) is 0. The van der Waals surface area contributed by atoms with Gasteiger partial charge >= 0.3 is 0 Å². The smallest absolute Gasteiger partial charge is 0.123 e. The molecule has 3 aromatic rings. The minimum absolute atomic E-state index is 0.0336. The number of ether oxygens (including phenoxy) is 1. The first-order chi connectivity index (χ1) is 15.1. The van der Waals surface area contributed by atoms with E-state index in [0.29, 0.717) is 18.2 Å². The highest BCUT2D eigenvalue weighted by Gasteiger charge is 2.41. The number of hydrogen-bond donors (Lipinski definition) is 2. The molecule has 1 saturated heterocycles. The fourth-order valence-corrected chi connectivity index (χ4v) is 4.62. The van der Waals surface area contributed by atoms with E-state index in [4.69, 9.17) is 21.4 Å². The van der Waals surface area contributed by atoms with E-state index in [2.05, 4.69) is 5.32 Å². The lowest BCUT2D eigenvalue weighted by atomic mass is 9.89. The quantitative estimate of drug-likeness (QED) is 0.636. The third-order valence-electron chi connectivity index (χ3n) is 6.04. The molecule has 1 atom stereocenters. The molecule has 2 aromatic carbocycles. The van der Waals surface area contributed by atoms with Gasteiger partial charge in [0.15, 0.2) is 0 Å². The summed E-state index contributed by atoms with van der Waals surface area (Å²) in [5, 5.41) is 19.4. The summed E-state index contributed by atoms with van der Waals surface area (Å²) in [5.41, 5.74) is 4.88. The molecule has 0 spiro atoms. The molecule has 2 aliphatic heterocycles. The lowest BCUT2D eigenvalue weighted by molar-refractivity contribution is 0.138. The van der Waals surface area contributed by atoms with E-state index in [9.17, 15) is 9.50 Å². The topological polar surface area (TPSA) is 59.3 Å². The van der Waals surface area contributed by atoms with Gasteiger partial charge < -0.3 is 15.2 Å². The summed E-state index contributed by atoms with van der Waals surface area (Å²) in [6.07, 6.45) is 3.79. The van der Waals surface area contributed by atoms with E-state index in [1.165, 1.54) is 12.1 Å². The standard InChI is InChI=1S/C24H23ClFN3O2/c25-18-4-8-20(9-5-18)29-22-17(12-16-2-6-19(26)7-3-16)13-31-14-21(22)23(28-29)24(15-30)10-1-11-27-24/h2-9,12,27,30H,1,10-11,13-15H2/b17-12+/t24-/m1/s1. The number of nitrogens with zero attached hydrogens (tertiary/aromatic N) is 2. The number of nitrogens with one attached hydrogen (secondary N) is 1. The van der Waals surface area contributed by atoms with E-state index >= 15 is 0 Å². The molecule has 31 heavy (non-hydrogen) atoms. The summed E-state index contributed by atoms with van der Waals surface area (Å²) >= 11 is 6.11. The predicted molar refractivity (Wildman–Crippen MR) is 119 cm³/mol. The third kappa shape index (κ3) is 3.70. The van der Waals surface area contributed by atoms with Gasteiger partial charge in [0.2, 0.25) is 0 Å². The van der Waals surface area contributed by atoms with Gasteiger partial charge in [0.1, 0.15) is 5.82 Å². The van der Waals surface area contributed by atoms with Crippen LogP contribution in [-0.2, 0) is 16.9 Å². The zero-order chi connectivity index (χ0) is 21.4. The Morgan fingerprint density at radius 1 is 1.16 bits per heavy atom. The molecular formula is C24H23ClFN3O2. The molecule has 0 unspecified atom stereocenters. The first kappa shape index (κ1) is 20.4. The van der Waals surface area contributed by atoms with E-state index in [0.717, 1.165) is 53.2 Å². The second-order valence-electron chi connectivity index (χ2n) is 8.05. The zero-order valence-corrected chi connectivity index (χ0v) is 17.7. The van der Waals surface area contributed by atoms with Crippen LogP contribution in [0.4, 0.5) is 4.39 Å². The van der Waals surface area contributed by atoms with Crippen LogP contribution in [0.2, 0.25) is 5.02 Å². The van der Waals surface area contributed by atoms with Gasteiger partial charge in [0, 0.05) is 16.2 Å². The molecule has 160 valence electrons. The summed E-state index contributed by atoms with van der Waals surface area (Å²) in [7, 11) is 0. The van der Waals surface area contributed by atoms with Gasteiger partial charge in [-0.1, -0.05) is 23.7 Å². The number of hydrogen-bond acceptors (Lipinski definition) is 4. The van der Waals surface area contributed by atoms with Crippen LogP contribution in [-0.4, -0.2) is 34.6 Å². The second-order valence-corrected chi connectivity index (χ2v) is 8.48. The number of aliphatic hydroxyl groups excluding tert-OH is 1. The van der Waals surface area contributed by atoms with Crippen LogP contribution in [0.5, 0.6) is 0 Å². The van der Waals surface area contributed by atoms with Gasteiger partial charge in [-0.05, 0) is 67.4 Å². The van der Waals surface area contributed by atoms with Crippen LogP contribution in [0.25, 0.3) is 17.3 Å². The van der Waals surface area contributed by atoms with Crippen LogP contribution in [0.15, 0.2) is 48.5 Å². The first-order valence-electron chi connectivity index (χ1n) is 10.4. The van der Waals surface area contributed by atoms with Crippen LogP contribution in [0.1, 0.15) is 35.4 Å². The normalized spacial score (nSPS) is 22.1. The SMILES string of the molecule is OC[C@@]1(c2nn(-c3ccc(Cl)cc3)c3c2COC/C3=C\c2ccc(F)cc2)CCCN1. The fraction of sp³-hybridized carbons (Fsp3) is 0.292. The number of fused-ring (bicyclic) bond motifs is 1. The molecule has 0 aliphatic carbocycles. The average Bonchev–Trinajstić information content (AvgIpc) is 3.42. The number of rotatable bonds is 4. The lowest BCUT2D eigenvalue weighted by Crippen LogP contribution is -2.41. The zero-order valence-electron chi connectivity index (χ0n) is 16.9. The van der Waals surface area contributed by atoms with E-state index in [1.54, 1.807) is 12.1 Å². The second kappa shape index (κ2) is 8.20. The molecule has 2 N–H and O–H groups in total. The molecule has 3 heterocycles. The van der Waals surface area contributed by atoms with Crippen molar-refractivity contribution >= 4 is 23.3 Å². The molecule has 0 amide bonds. The largest absolute Gasteiger partial charge is 0.394 e. The number of aromatic nitrogens is 2. The van der Waals surface area contributed by atoms with E-state index in [-0.39, 0.29) is 12.4 Å². The maximum absolute atomic E-state index is 13.4. The van der Waals surface area contributed by atoms with Crippen molar-refractivity contribution in [1.29, 1.82) is 0 Å². The highest BCUT2D eigenvalue weighted by molar-refractivity contribution is 6.30. The number of benzene rings is 2. The van der Waals surface area contributed by atoms with Crippen molar-refractivity contribution in [2.24, 2.45) is 0 Å². The molecule has 1 fully saturated rings. The minimum Gasteiger partial charge on any atom is -0.394 e. The van der Waals surface area contributed by atoms with Crippen LogP contribution < -0.4 is 5.32 Å². The monoisotopic (exact) mass is 439 g/mol. The Balaban J connectivity index is 1.71. The van der Waals surface area contributed by atoms with E-state index in [1.807, 2.05) is 35.0 Å². The highest BCUT2D eigenvalue weighted by Crippen LogP contribution is 2.39. The Morgan fingerprint density at radius 3 is 2.61 bits per heavy atom. The van der Waals surface area contributed by atoms with Gasteiger partial charge in [0.25, 0.3) is 0 Å². The van der Waals surface area contributed by atoms with E-state index < -0.39 is 5.54 Å². The molecule has 1 aromatic heterocycles. The van der Waals surface area contributed by atoms with Crippen molar-refractivity contribution in [1.82, 2.24) is 15.1 Å². The minimum atomic E-state index is -0.580. The van der Waals surface area contributed by atoms with Crippen molar-refractivity contribution in [2.75, 3.05) is 19.8 Å². The molecule has 5 nitrogen and oxygen atoms in total. The maximum atomic E-state index is 13.4. The Kier molecular flexibility index (Phi) is 5.40. The Labute approximate surface area is 185 Å². The molecule has 2 aliphatic rings. The fourth-order valence-electron chi connectivity index (χ4n) is 4.49. The molecular weight excluding hydrogens is 417 g/mol. The van der Waals surface area contributed by atoms with Crippen LogP contribution in [0.3, 0.4) is 0 Å². The molecule has 7 heteroatoms. The van der Waals surface area contributed by atoms with Crippen molar-refractivity contribution in [3.8, 4) is 5.69 Å².